The van der Waals surface area contributed by atoms with Crippen molar-refractivity contribution in [3.63, 3.8) is 0 Å². The molecule has 2 N–H and O–H groups in total. The van der Waals surface area contributed by atoms with Gasteiger partial charge in [-0.05, 0) is 17.3 Å². The molecule has 19 heavy (non-hydrogen) atoms. The zero-order valence-electron chi connectivity index (χ0n) is 10.1. The minimum atomic E-state index is -0.0545. The molecule has 3 rings (SSSR count). The van der Waals surface area contributed by atoms with Crippen LogP contribution in [0.1, 0.15) is 0 Å². The average molecular weight is 263 g/mol. The Morgan fingerprint density at radius 2 is 1.74 bits per heavy atom. The highest BCUT2D eigenvalue weighted by Crippen LogP contribution is 2.28. The van der Waals surface area contributed by atoms with E-state index in [0.717, 1.165) is 0 Å². The maximum atomic E-state index is 9.43. The van der Waals surface area contributed by atoms with Gasteiger partial charge in [0.2, 0.25) is 0 Å². The summed E-state index contributed by atoms with van der Waals surface area (Å²) in [4.78, 5) is 6.21. The molecule has 0 atom stereocenters. The van der Waals surface area contributed by atoms with Crippen LogP contribution in [0, 0.1) is 0 Å². The predicted molar refractivity (Wildman–Crippen MR) is 66.1 cm³/mol. The van der Waals surface area contributed by atoms with Gasteiger partial charge in [0, 0.05) is 24.7 Å². The topological polar surface area (TPSA) is 91.9 Å². The first kappa shape index (κ1) is 11.8. The summed E-state index contributed by atoms with van der Waals surface area (Å²) in [5.74, 6) is 0.635. The monoisotopic (exact) mass is 263 g/mol. The normalized spacial score (nSPS) is 15.7. The van der Waals surface area contributed by atoms with E-state index in [2.05, 4.69) is 10.1 Å². The molecular weight excluding hydrogens is 250 g/mol. The standard InChI is InChI=1S/C12H13N3O4/c16-9-5-8(6-10(17)7-9)11-13-12(14-19-11)15-1-3-18-4-2-15/h5-7,16-17H,1-4H2. The lowest BCUT2D eigenvalue weighted by Gasteiger charge is -2.24. The second kappa shape index (κ2) is 4.77. The Kier molecular flexibility index (Phi) is 2.96. The van der Waals surface area contributed by atoms with Crippen LogP contribution in [0.25, 0.3) is 11.5 Å². The van der Waals surface area contributed by atoms with Gasteiger partial charge in [0.15, 0.2) is 0 Å². The van der Waals surface area contributed by atoms with Gasteiger partial charge < -0.3 is 24.4 Å². The SMILES string of the molecule is Oc1cc(O)cc(-c2nc(N3CCOCC3)no2)c1. The fraction of sp³-hybridized carbons (Fsp3) is 0.333. The summed E-state index contributed by atoms with van der Waals surface area (Å²) < 4.78 is 10.4. The second-order valence-electron chi connectivity index (χ2n) is 4.24. The molecule has 7 nitrogen and oxygen atoms in total. The number of morpholine rings is 1. The third-order valence-electron chi connectivity index (χ3n) is 2.86. The van der Waals surface area contributed by atoms with Crippen molar-refractivity contribution in [1.29, 1.82) is 0 Å². The van der Waals surface area contributed by atoms with Crippen molar-refractivity contribution in [2.75, 3.05) is 31.2 Å². The number of rotatable bonds is 2. The lowest BCUT2D eigenvalue weighted by atomic mass is 10.2. The van der Waals surface area contributed by atoms with Crippen LogP contribution in [-0.2, 0) is 4.74 Å². The molecule has 0 unspecified atom stereocenters. The lowest BCUT2D eigenvalue weighted by molar-refractivity contribution is 0.121. The zero-order chi connectivity index (χ0) is 13.2. The van der Waals surface area contributed by atoms with Crippen molar-refractivity contribution in [2.45, 2.75) is 0 Å². The summed E-state index contributed by atoms with van der Waals surface area (Å²) >= 11 is 0. The number of anilines is 1. The van der Waals surface area contributed by atoms with Gasteiger partial charge in [-0.3, -0.25) is 0 Å². The van der Waals surface area contributed by atoms with Gasteiger partial charge in [-0.2, -0.15) is 4.98 Å². The maximum absolute atomic E-state index is 9.43. The maximum Gasteiger partial charge on any atom is 0.266 e. The summed E-state index contributed by atoms with van der Waals surface area (Å²) in [5.41, 5.74) is 0.476. The Morgan fingerprint density at radius 3 is 2.42 bits per heavy atom. The largest absolute Gasteiger partial charge is 0.508 e. The molecule has 7 heteroatoms. The van der Waals surface area contributed by atoms with Crippen molar-refractivity contribution in [3.05, 3.63) is 18.2 Å². The number of phenols is 2. The Balaban J connectivity index is 1.87. The van der Waals surface area contributed by atoms with E-state index < -0.39 is 0 Å². The lowest BCUT2D eigenvalue weighted by Crippen LogP contribution is -2.36. The molecule has 0 saturated carbocycles. The van der Waals surface area contributed by atoms with E-state index in [0.29, 0.717) is 37.8 Å². The minimum Gasteiger partial charge on any atom is -0.508 e. The number of ether oxygens (including phenoxy) is 1. The summed E-state index contributed by atoms with van der Waals surface area (Å²) in [6.45, 7) is 2.70. The van der Waals surface area contributed by atoms with Crippen molar-refractivity contribution in [3.8, 4) is 23.0 Å². The molecule has 0 radical (unpaired) electrons. The third-order valence-corrected chi connectivity index (χ3v) is 2.86. The van der Waals surface area contributed by atoms with Gasteiger partial charge in [-0.25, -0.2) is 0 Å². The molecule has 1 fully saturated rings. The molecule has 2 aromatic rings. The van der Waals surface area contributed by atoms with Gasteiger partial charge in [0.05, 0.1) is 13.2 Å². The van der Waals surface area contributed by atoms with Crippen molar-refractivity contribution >= 4 is 5.95 Å². The van der Waals surface area contributed by atoms with Gasteiger partial charge >= 0.3 is 0 Å². The summed E-state index contributed by atoms with van der Waals surface area (Å²) in [6, 6.07) is 4.15. The Labute approximate surface area is 109 Å². The highest BCUT2D eigenvalue weighted by Gasteiger charge is 2.18. The average Bonchev–Trinajstić information content (AvgIpc) is 2.88. The van der Waals surface area contributed by atoms with Crippen LogP contribution in [0.2, 0.25) is 0 Å². The van der Waals surface area contributed by atoms with E-state index in [1.54, 1.807) is 0 Å². The van der Waals surface area contributed by atoms with Gasteiger partial charge in [-0.1, -0.05) is 0 Å². The smallest absolute Gasteiger partial charge is 0.266 e. The molecule has 2 heterocycles. The number of nitrogens with zero attached hydrogens (tertiary/aromatic N) is 3. The molecule has 1 aromatic heterocycles. The van der Waals surface area contributed by atoms with Crippen LogP contribution in [0.15, 0.2) is 22.7 Å². The quantitative estimate of drug-likeness (QED) is 0.834. The number of benzene rings is 1. The molecule has 0 bridgehead atoms. The molecule has 0 amide bonds. The van der Waals surface area contributed by atoms with Crippen LogP contribution in [-0.4, -0.2) is 46.7 Å². The van der Waals surface area contributed by atoms with E-state index in [4.69, 9.17) is 9.26 Å². The third kappa shape index (κ3) is 2.45. The number of aromatic hydroxyl groups is 2. The molecule has 1 saturated heterocycles. The van der Waals surface area contributed by atoms with Crippen molar-refractivity contribution in [2.24, 2.45) is 0 Å². The Hall–Kier alpha value is -2.28. The first-order valence-corrected chi connectivity index (χ1v) is 5.92. The molecule has 0 aliphatic carbocycles. The fourth-order valence-corrected chi connectivity index (χ4v) is 1.94. The van der Waals surface area contributed by atoms with E-state index >= 15 is 0 Å². The highest BCUT2D eigenvalue weighted by molar-refractivity contribution is 5.59. The van der Waals surface area contributed by atoms with Gasteiger partial charge in [0.25, 0.3) is 11.8 Å². The van der Waals surface area contributed by atoms with Gasteiger partial charge in [-0.15, -0.1) is 0 Å². The Bertz CT molecular complexity index is 558. The number of aromatic nitrogens is 2. The Morgan fingerprint density at radius 1 is 1.05 bits per heavy atom. The number of phenolic OH excluding ortho intramolecular Hbond substituents is 2. The van der Waals surface area contributed by atoms with E-state index in [9.17, 15) is 10.2 Å². The van der Waals surface area contributed by atoms with Crippen LogP contribution >= 0.6 is 0 Å². The molecule has 1 aromatic carbocycles. The van der Waals surface area contributed by atoms with Crippen LogP contribution < -0.4 is 4.90 Å². The molecule has 1 aliphatic heterocycles. The highest BCUT2D eigenvalue weighted by atomic mass is 16.5. The van der Waals surface area contributed by atoms with E-state index in [-0.39, 0.29) is 17.4 Å². The van der Waals surface area contributed by atoms with Crippen molar-refractivity contribution < 1.29 is 19.5 Å². The van der Waals surface area contributed by atoms with Crippen LogP contribution in [0.4, 0.5) is 5.95 Å². The fourth-order valence-electron chi connectivity index (χ4n) is 1.94. The minimum absolute atomic E-state index is 0.0545. The number of hydrogen-bond donors (Lipinski definition) is 2. The second-order valence-corrected chi connectivity index (χ2v) is 4.24. The molecule has 0 spiro atoms. The summed E-state index contributed by atoms with van der Waals surface area (Å²) in [5, 5.41) is 22.8. The van der Waals surface area contributed by atoms with Gasteiger partial charge in [0.1, 0.15) is 11.5 Å². The predicted octanol–water partition coefficient (Wildman–Crippen LogP) is 0.984. The van der Waals surface area contributed by atoms with Crippen molar-refractivity contribution in [1.82, 2.24) is 10.1 Å². The molecule has 100 valence electrons. The zero-order valence-corrected chi connectivity index (χ0v) is 10.1. The van der Waals surface area contributed by atoms with Crippen LogP contribution in [0.3, 0.4) is 0 Å². The first-order chi connectivity index (χ1) is 9.22. The first-order valence-electron chi connectivity index (χ1n) is 5.92. The summed E-state index contributed by atoms with van der Waals surface area (Å²) in [7, 11) is 0. The van der Waals surface area contributed by atoms with Crippen LogP contribution in [0.5, 0.6) is 11.5 Å². The number of hydrogen-bond acceptors (Lipinski definition) is 7. The molecule has 1 aliphatic rings. The molecular formula is C12H13N3O4. The summed E-state index contributed by atoms with van der Waals surface area (Å²) in [6.07, 6.45) is 0. The van der Waals surface area contributed by atoms with E-state index in [1.165, 1.54) is 18.2 Å². The van der Waals surface area contributed by atoms with E-state index in [1.807, 2.05) is 4.90 Å².